The molecular weight excluding hydrogens is 734 g/mol. The van der Waals surface area contributed by atoms with E-state index >= 15 is 0 Å². The molecule has 0 amide bonds. The van der Waals surface area contributed by atoms with E-state index in [1.54, 1.807) is 17.8 Å². The third-order valence-electron chi connectivity index (χ3n) is 11.2. The smallest absolute Gasteiger partial charge is 0.147 e. The number of unbranched alkanes of at least 4 members (excludes halogenated alkanes) is 2. The minimum Gasteiger partial charge on any atom is -0.147 e. The molecule has 0 N–H and O–H groups in total. The van der Waals surface area contributed by atoms with Gasteiger partial charge in [-0.15, -0.1) is 24.8 Å². The van der Waals surface area contributed by atoms with Gasteiger partial charge in [0.15, 0.2) is 0 Å². The first-order valence-electron chi connectivity index (χ1n) is 16.6. The minimum absolute atomic E-state index is 0. The van der Waals surface area contributed by atoms with Gasteiger partial charge < -0.3 is 0 Å². The van der Waals surface area contributed by atoms with Crippen molar-refractivity contribution < 1.29 is 17.1 Å². The molecule has 0 spiro atoms. The molecule has 6 rings (SSSR count). The summed E-state index contributed by atoms with van der Waals surface area (Å²) in [6, 6.07) is 20.7. The molecule has 4 heteroatoms. The summed E-state index contributed by atoms with van der Waals surface area (Å²) in [6.45, 7) is 7.20. The number of halogens is 2. The van der Waals surface area contributed by atoms with Crippen LogP contribution in [0.3, 0.4) is 0 Å². The molecule has 2 atom stereocenters. The van der Waals surface area contributed by atoms with Gasteiger partial charge in [0.2, 0.25) is 0 Å². The van der Waals surface area contributed by atoms with E-state index in [-0.39, 0.29) is 24.8 Å². The van der Waals surface area contributed by atoms with Gasteiger partial charge in [-0.3, -0.25) is 0 Å². The van der Waals surface area contributed by atoms with E-state index in [2.05, 4.69) is 93.6 Å². The molecule has 0 nitrogen and oxygen atoms in total. The quantitative estimate of drug-likeness (QED) is 0.211. The molecule has 226 valence electrons. The molecule has 2 aromatic rings. The molecule has 0 saturated heterocycles. The van der Waals surface area contributed by atoms with Crippen LogP contribution in [0.15, 0.2) is 95.1 Å². The second kappa shape index (κ2) is 14.4. The fraction of sp³-hybridized carbons (Fsp3) is 0.474. The molecule has 0 aromatic heterocycles. The van der Waals surface area contributed by atoms with Crippen LogP contribution in [0.4, 0.5) is 0 Å². The van der Waals surface area contributed by atoms with Crippen molar-refractivity contribution in [3.05, 3.63) is 106 Å². The maximum Gasteiger partial charge on any atom is -0.147 e. The Labute approximate surface area is 270 Å². The molecule has 0 radical (unpaired) electrons. The largest absolute Gasteiger partial charge is 0.147 e. The summed E-state index contributed by atoms with van der Waals surface area (Å²) in [5.41, 5.74) is 10.1. The van der Waals surface area contributed by atoms with Crippen molar-refractivity contribution in [2.24, 2.45) is 0 Å². The fourth-order valence-electron chi connectivity index (χ4n) is 8.86. The first kappa shape index (κ1) is 34.0. The molecule has 0 aliphatic heterocycles. The molecule has 0 heterocycles. The van der Waals surface area contributed by atoms with E-state index in [1.807, 2.05) is 11.1 Å². The van der Waals surface area contributed by atoms with Crippen LogP contribution < -0.4 is 6.64 Å². The van der Waals surface area contributed by atoms with Crippen molar-refractivity contribution in [2.45, 2.75) is 111 Å². The van der Waals surface area contributed by atoms with Crippen LogP contribution in [-0.4, -0.2) is 6.94 Å². The Balaban J connectivity index is 0.00000202. The van der Waals surface area contributed by atoms with Gasteiger partial charge in [-0.2, -0.15) is 0 Å². The summed E-state index contributed by atoms with van der Waals surface area (Å²) < 4.78 is 4.69. The van der Waals surface area contributed by atoms with Crippen LogP contribution in [0.5, 0.6) is 0 Å². The van der Waals surface area contributed by atoms with E-state index in [0.29, 0.717) is 7.35 Å². The molecule has 2 aromatic carbocycles. The van der Waals surface area contributed by atoms with Crippen LogP contribution in [0.2, 0.25) is 7.35 Å². The second-order valence-electron chi connectivity index (χ2n) is 13.4. The average Bonchev–Trinajstić information content (AvgIpc) is 3.65. The second-order valence-corrected chi connectivity index (χ2v) is 46.2. The Bertz CT molecular complexity index is 1310. The van der Waals surface area contributed by atoms with E-state index in [1.165, 1.54) is 101 Å². The zero-order chi connectivity index (χ0) is 27.6. The summed E-state index contributed by atoms with van der Waals surface area (Å²) in [5, 5.41) is 0. The fourth-order valence-corrected chi connectivity index (χ4v) is 45.5. The Kier molecular flexibility index (Phi) is 11.7. The number of hydrogen-bond acceptors (Lipinski definition) is 0. The molecule has 0 fully saturated rings. The van der Waals surface area contributed by atoms with E-state index < -0.39 is 17.1 Å². The Hall–Kier alpha value is -0.933. The van der Waals surface area contributed by atoms with Gasteiger partial charge in [0.05, 0.1) is 0 Å². The topological polar surface area (TPSA) is 0 Å². The summed E-state index contributed by atoms with van der Waals surface area (Å²) in [7, 11) is 0. The molecular formula is C38H52Cl2HfSi. The van der Waals surface area contributed by atoms with Gasteiger partial charge in [0.25, 0.3) is 0 Å². The van der Waals surface area contributed by atoms with Crippen molar-refractivity contribution in [1.29, 1.82) is 0 Å². The number of rotatable bonds is 10. The van der Waals surface area contributed by atoms with Crippen molar-refractivity contribution in [1.82, 2.24) is 0 Å². The molecule has 4 aliphatic rings. The first-order chi connectivity index (χ1) is 19.6. The summed E-state index contributed by atoms with van der Waals surface area (Å²) in [4.78, 5) is 0. The Morgan fingerprint density at radius 1 is 0.595 bits per heavy atom. The zero-order valence-electron chi connectivity index (χ0n) is 26.0. The van der Waals surface area contributed by atoms with Crippen LogP contribution in [0, 0.1) is 0 Å². The van der Waals surface area contributed by atoms with Crippen LogP contribution in [0.25, 0.3) is 0 Å². The van der Waals surface area contributed by atoms with Gasteiger partial charge >= 0.3 is 248 Å². The number of benzene rings is 2. The SMILES string of the molecule is CCCCc1cc[c]([Hf](=[SiH2])([c]2ccc(CCCC)cc2)([CH]2C=CC3=C2CCCC3)[CH]2C=CC3=C2CCCC3)cc1.Cl.Cl. The standard InChI is InChI=1S/2C10H13.2C9H11.2ClH.Hf.H2Si/c2*1-2-3-7-10-8-5-4-6-9-10;2*1-2-5-9-7-3-6-8(9)4-1;;;;/h2*5-6,8-9H,2-3,7H2,1H3;2*3,6-7H,1-2,4-5H2;2*1H;;1H2. The van der Waals surface area contributed by atoms with Gasteiger partial charge in [0.1, 0.15) is 0 Å². The van der Waals surface area contributed by atoms with E-state index in [0.717, 1.165) is 0 Å². The minimum atomic E-state index is -4.30. The van der Waals surface area contributed by atoms with Gasteiger partial charge in [-0.05, 0) is 0 Å². The summed E-state index contributed by atoms with van der Waals surface area (Å²) >= 11 is -4.30. The van der Waals surface area contributed by atoms with Crippen molar-refractivity contribution in [2.75, 3.05) is 0 Å². The van der Waals surface area contributed by atoms with Gasteiger partial charge in [0, 0.05) is 0 Å². The summed E-state index contributed by atoms with van der Waals surface area (Å²) in [5.74, 6) is 0. The maximum atomic E-state index is 2.74. The van der Waals surface area contributed by atoms with Crippen LogP contribution in [-0.2, 0) is 30.0 Å². The van der Waals surface area contributed by atoms with Gasteiger partial charge in [-0.1, -0.05) is 0 Å². The maximum absolute atomic E-state index is 4.30. The first-order valence-corrected chi connectivity index (χ1v) is 32.7. The van der Waals surface area contributed by atoms with Crippen molar-refractivity contribution in [3.63, 3.8) is 0 Å². The van der Waals surface area contributed by atoms with Crippen molar-refractivity contribution >= 4 is 38.4 Å². The Morgan fingerprint density at radius 3 is 1.36 bits per heavy atom. The molecule has 0 bridgehead atoms. The molecule has 42 heavy (non-hydrogen) atoms. The Morgan fingerprint density at radius 2 is 0.976 bits per heavy atom. The monoisotopic (exact) mass is 786 g/mol. The van der Waals surface area contributed by atoms with Crippen molar-refractivity contribution in [3.8, 4) is 0 Å². The normalized spacial score (nSPS) is 21.6. The third kappa shape index (κ3) is 5.77. The van der Waals surface area contributed by atoms with E-state index in [9.17, 15) is 0 Å². The average molecular weight is 786 g/mol. The molecule has 0 saturated carbocycles. The molecule has 4 aliphatic carbocycles. The zero-order valence-corrected chi connectivity index (χ0v) is 32.6. The van der Waals surface area contributed by atoms with E-state index in [4.69, 9.17) is 0 Å². The van der Waals surface area contributed by atoms with Crippen LogP contribution >= 0.6 is 24.8 Å². The predicted molar refractivity (Wildman–Crippen MR) is 189 cm³/mol. The number of hydrogen-bond donors (Lipinski definition) is 0. The van der Waals surface area contributed by atoms with Crippen LogP contribution in [0.1, 0.15) is 102 Å². The number of aryl methyl sites for hydroxylation is 2. The molecule has 2 unspecified atom stereocenters. The van der Waals surface area contributed by atoms with Gasteiger partial charge in [-0.25, -0.2) is 0 Å². The number of allylic oxidation sites excluding steroid dienone is 8. The summed E-state index contributed by atoms with van der Waals surface area (Å²) in [6.07, 6.45) is 28.8. The third-order valence-corrected chi connectivity index (χ3v) is 51.3. The predicted octanol–water partition coefficient (Wildman–Crippen LogP) is 9.86.